The van der Waals surface area contributed by atoms with Crippen molar-refractivity contribution in [2.24, 2.45) is 0 Å². The molecule has 1 aromatic carbocycles. The third-order valence-electron chi connectivity index (χ3n) is 1.51. The number of nitrogens with two attached hydrogens (primary N) is 1. The highest BCUT2D eigenvalue weighted by atomic mass is 14.5. The predicted molar refractivity (Wildman–Crippen MR) is 79.7 cm³/mol. The predicted octanol–water partition coefficient (Wildman–Crippen LogP) is 5.30. The van der Waals surface area contributed by atoms with Crippen LogP contribution in [0.25, 0.3) is 6.08 Å². The molecule has 1 nitrogen and oxygen atoms in total. The first-order valence-electron chi connectivity index (χ1n) is 6.22. The Bertz CT molecular complexity index is 252. The van der Waals surface area contributed by atoms with Crippen molar-refractivity contribution in [3.05, 3.63) is 35.9 Å². The van der Waals surface area contributed by atoms with Gasteiger partial charge in [-0.25, -0.2) is 0 Å². The third kappa shape index (κ3) is 9.32. The van der Waals surface area contributed by atoms with E-state index in [1.165, 1.54) is 5.56 Å². The number of hydrogen-bond donors (Lipinski definition) is 1. The Morgan fingerprint density at radius 3 is 1.75 bits per heavy atom. The molecular formula is C15H29N. The minimum atomic E-state index is 0.808. The number of aryl methyl sites for hydroxylation is 1. The van der Waals surface area contributed by atoms with E-state index in [0.717, 1.165) is 11.3 Å². The molecule has 16 heavy (non-hydrogen) atoms. The molecule has 0 atom stereocenters. The molecule has 0 unspecified atom stereocenters. The lowest BCUT2D eigenvalue weighted by Crippen LogP contribution is -1.86. The average Bonchev–Trinajstić information content (AvgIpc) is 2.37. The molecule has 0 spiro atoms. The van der Waals surface area contributed by atoms with E-state index in [1.807, 2.05) is 72.7 Å². The van der Waals surface area contributed by atoms with Crippen LogP contribution in [0.4, 0.5) is 5.69 Å². The second-order valence-corrected chi connectivity index (χ2v) is 2.32. The summed E-state index contributed by atoms with van der Waals surface area (Å²) in [5.74, 6) is 0. The Morgan fingerprint density at radius 2 is 1.44 bits per heavy atom. The average molecular weight is 223 g/mol. The van der Waals surface area contributed by atoms with Crippen LogP contribution < -0.4 is 5.73 Å². The fourth-order valence-electron chi connectivity index (χ4n) is 0.928. The van der Waals surface area contributed by atoms with Crippen molar-refractivity contribution in [3.63, 3.8) is 0 Å². The maximum atomic E-state index is 5.55. The van der Waals surface area contributed by atoms with Gasteiger partial charge in [-0.1, -0.05) is 60.3 Å². The van der Waals surface area contributed by atoms with Crippen molar-refractivity contribution in [1.29, 1.82) is 0 Å². The van der Waals surface area contributed by atoms with Gasteiger partial charge in [0.15, 0.2) is 0 Å². The van der Waals surface area contributed by atoms with E-state index >= 15 is 0 Å². The summed E-state index contributed by atoms with van der Waals surface area (Å²) in [6, 6.07) is 5.79. The summed E-state index contributed by atoms with van der Waals surface area (Å²) in [7, 11) is 0. The van der Waals surface area contributed by atoms with Gasteiger partial charge < -0.3 is 5.73 Å². The molecule has 0 aliphatic rings. The Hall–Kier alpha value is -1.24. The first-order chi connectivity index (χ1) is 7.74. The lowest BCUT2D eigenvalue weighted by molar-refractivity contribution is 1.45. The summed E-state index contributed by atoms with van der Waals surface area (Å²) in [6.45, 7) is 17.7. The van der Waals surface area contributed by atoms with Crippen LogP contribution in [0.5, 0.6) is 0 Å². The molecule has 0 radical (unpaired) electrons. The molecule has 0 fully saturated rings. The van der Waals surface area contributed by atoms with E-state index in [-0.39, 0.29) is 0 Å². The quantitative estimate of drug-likeness (QED) is 0.642. The van der Waals surface area contributed by atoms with Crippen molar-refractivity contribution < 1.29 is 0 Å². The molecule has 0 bridgehead atoms. The highest BCUT2D eigenvalue weighted by molar-refractivity contribution is 5.56. The zero-order valence-corrected chi connectivity index (χ0v) is 12.1. The molecule has 0 aliphatic heterocycles. The van der Waals surface area contributed by atoms with E-state index in [2.05, 4.69) is 6.58 Å². The van der Waals surface area contributed by atoms with Crippen LogP contribution in [-0.4, -0.2) is 0 Å². The van der Waals surface area contributed by atoms with Crippen LogP contribution >= 0.6 is 0 Å². The molecule has 0 saturated carbocycles. The van der Waals surface area contributed by atoms with Crippen LogP contribution in [0.2, 0.25) is 0 Å². The fraction of sp³-hybridized carbons (Fsp3) is 0.467. The van der Waals surface area contributed by atoms with Crippen LogP contribution in [0.15, 0.2) is 24.8 Å². The van der Waals surface area contributed by atoms with Gasteiger partial charge in [0.25, 0.3) is 0 Å². The molecule has 1 aromatic rings. The van der Waals surface area contributed by atoms with Gasteiger partial charge in [0.1, 0.15) is 0 Å². The lowest BCUT2D eigenvalue weighted by Gasteiger charge is -1.99. The van der Waals surface area contributed by atoms with Gasteiger partial charge in [0, 0.05) is 5.69 Å². The van der Waals surface area contributed by atoms with E-state index in [9.17, 15) is 0 Å². The summed E-state index contributed by atoms with van der Waals surface area (Å²) >= 11 is 0. The van der Waals surface area contributed by atoms with Crippen molar-refractivity contribution in [1.82, 2.24) is 0 Å². The molecule has 0 aromatic heterocycles. The van der Waals surface area contributed by atoms with Gasteiger partial charge in [0.2, 0.25) is 0 Å². The minimum Gasteiger partial charge on any atom is -0.399 e. The molecule has 1 rings (SSSR count). The molecule has 2 N–H and O–H groups in total. The molecule has 0 heterocycles. The highest BCUT2D eigenvalue weighted by Crippen LogP contribution is 2.12. The molecule has 94 valence electrons. The molecule has 0 aliphatic carbocycles. The van der Waals surface area contributed by atoms with Gasteiger partial charge in [-0.3, -0.25) is 0 Å². The third-order valence-corrected chi connectivity index (χ3v) is 1.51. The number of nitrogen functional groups attached to an aromatic ring is 1. The second-order valence-electron chi connectivity index (χ2n) is 2.32. The van der Waals surface area contributed by atoms with Crippen molar-refractivity contribution in [2.75, 3.05) is 5.73 Å². The van der Waals surface area contributed by atoms with Crippen LogP contribution in [-0.2, 0) is 0 Å². The van der Waals surface area contributed by atoms with E-state index in [4.69, 9.17) is 5.73 Å². The zero-order valence-electron chi connectivity index (χ0n) is 12.1. The second kappa shape index (κ2) is 16.2. The summed E-state index contributed by atoms with van der Waals surface area (Å²) in [5, 5.41) is 0. The van der Waals surface area contributed by atoms with E-state index in [0.29, 0.717) is 0 Å². The Labute approximate surface area is 102 Å². The van der Waals surface area contributed by atoms with Crippen LogP contribution in [0.1, 0.15) is 52.7 Å². The zero-order chi connectivity index (χ0) is 13.6. The summed E-state index contributed by atoms with van der Waals surface area (Å²) in [4.78, 5) is 0. The smallest absolute Gasteiger partial charge is 0.0317 e. The standard InChI is InChI=1S/C9H11N.3C2H6/c1-3-8-4-5-9(10)6-7(8)2;3*1-2/h3-6H,1,10H2,2H3;3*1-2H3. The maximum Gasteiger partial charge on any atom is 0.0317 e. The van der Waals surface area contributed by atoms with Crippen LogP contribution in [0, 0.1) is 6.92 Å². The van der Waals surface area contributed by atoms with Gasteiger partial charge >= 0.3 is 0 Å². The first-order valence-corrected chi connectivity index (χ1v) is 6.22. The Morgan fingerprint density at radius 1 is 1.00 bits per heavy atom. The summed E-state index contributed by atoms with van der Waals surface area (Å²) in [5.41, 5.74) is 8.68. The van der Waals surface area contributed by atoms with Crippen molar-refractivity contribution in [2.45, 2.75) is 48.5 Å². The van der Waals surface area contributed by atoms with Crippen LogP contribution in [0.3, 0.4) is 0 Å². The van der Waals surface area contributed by atoms with Crippen molar-refractivity contribution in [3.8, 4) is 0 Å². The number of benzene rings is 1. The lowest BCUT2D eigenvalue weighted by atomic mass is 10.1. The van der Waals surface area contributed by atoms with Crippen molar-refractivity contribution >= 4 is 11.8 Å². The summed E-state index contributed by atoms with van der Waals surface area (Å²) < 4.78 is 0. The highest BCUT2D eigenvalue weighted by Gasteiger charge is 1.91. The number of rotatable bonds is 1. The first kappa shape index (κ1) is 20.2. The minimum absolute atomic E-state index is 0.808. The van der Waals surface area contributed by atoms with Gasteiger partial charge in [-0.05, 0) is 30.2 Å². The largest absolute Gasteiger partial charge is 0.399 e. The van der Waals surface area contributed by atoms with E-state index in [1.54, 1.807) is 0 Å². The Kier molecular flexibility index (Phi) is 20.5. The number of anilines is 1. The normalized spacial score (nSPS) is 6.94. The van der Waals surface area contributed by atoms with Gasteiger partial charge in [-0.15, -0.1) is 0 Å². The van der Waals surface area contributed by atoms with E-state index < -0.39 is 0 Å². The summed E-state index contributed by atoms with van der Waals surface area (Å²) in [6.07, 6.45) is 1.83. The van der Waals surface area contributed by atoms with Gasteiger partial charge in [0.05, 0.1) is 0 Å². The van der Waals surface area contributed by atoms with Gasteiger partial charge in [-0.2, -0.15) is 0 Å². The maximum absolute atomic E-state index is 5.55. The molecule has 0 saturated heterocycles. The molecule has 0 amide bonds. The Balaban J connectivity index is -0.000000245. The molecular weight excluding hydrogens is 194 g/mol. The monoisotopic (exact) mass is 223 g/mol. The fourth-order valence-corrected chi connectivity index (χ4v) is 0.928. The number of hydrogen-bond acceptors (Lipinski definition) is 1. The topological polar surface area (TPSA) is 26.0 Å². The molecule has 1 heteroatoms. The SMILES string of the molecule is C=Cc1ccc(N)cc1C.CC.CC.CC.